The van der Waals surface area contributed by atoms with E-state index >= 15 is 0 Å². The lowest BCUT2D eigenvalue weighted by molar-refractivity contribution is 0.0941. The maximum absolute atomic E-state index is 12.0. The summed E-state index contributed by atoms with van der Waals surface area (Å²) in [6, 6.07) is 8.03. The van der Waals surface area contributed by atoms with Crippen LogP contribution in [0.5, 0.6) is 0 Å². The lowest BCUT2D eigenvalue weighted by atomic mass is 10.1. The molecule has 2 N–H and O–H groups in total. The van der Waals surface area contributed by atoms with Gasteiger partial charge in [0.25, 0.3) is 5.91 Å². The summed E-state index contributed by atoms with van der Waals surface area (Å²) in [4.78, 5) is 15.1. The van der Waals surface area contributed by atoms with Crippen LogP contribution in [-0.2, 0) is 0 Å². The predicted molar refractivity (Wildman–Crippen MR) is 65.5 cm³/mol. The summed E-state index contributed by atoms with van der Waals surface area (Å²) in [5.74, 6) is -0.00759. The summed E-state index contributed by atoms with van der Waals surface area (Å²) in [6.45, 7) is 4.06. The van der Waals surface area contributed by atoms with Gasteiger partial charge in [0, 0.05) is 23.1 Å². The maximum atomic E-state index is 12.0. The van der Waals surface area contributed by atoms with Gasteiger partial charge in [-0.25, -0.2) is 0 Å². The lowest BCUT2D eigenvalue weighted by Crippen LogP contribution is -2.31. The van der Waals surface area contributed by atoms with Gasteiger partial charge in [-0.1, -0.05) is 25.1 Å². The molecular formula is C13H16N2O. The summed E-state index contributed by atoms with van der Waals surface area (Å²) in [5.41, 5.74) is 1.72. The van der Waals surface area contributed by atoms with Crippen LogP contribution in [0.1, 0.15) is 30.6 Å². The fourth-order valence-electron chi connectivity index (χ4n) is 1.66. The fourth-order valence-corrected chi connectivity index (χ4v) is 1.66. The first-order valence-electron chi connectivity index (χ1n) is 5.59. The quantitative estimate of drug-likeness (QED) is 0.814. The Morgan fingerprint density at radius 2 is 2.19 bits per heavy atom. The zero-order valence-corrected chi connectivity index (χ0v) is 9.58. The standard InChI is InChI=1S/C13H16N2O/c1-3-9(2)15-13(16)11-8-14-12-7-5-4-6-10(11)12/h4-9,14H,3H2,1-2H3,(H,15,16). The molecular weight excluding hydrogens is 200 g/mol. The summed E-state index contributed by atoms with van der Waals surface area (Å²) in [6.07, 6.45) is 2.70. The number of nitrogens with one attached hydrogen (secondary N) is 2. The molecule has 3 nitrogen and oxygen atoms in total. The molecule has 1 heterocycles. The van der Waals surface area contributed by atoms with E-state index in [4.69, 9.17) is 0 Å². The molecule has 1 aromatic heterocycles. The van der Waals surface area contributed by atoms with Crippen molar-refractivity contribution >= 4 is 16.8 Å². The number of fused-ring (bicyclic) bond motifs is 1. The fraction of sp³-hybridized carbons (Fsp3) is 0.308. The normalized spacial score (nSPS) is 12.6. The number of hydrogen-bond acceptors (Lipinski definition) is 1. The van der Waals surface area contributed by atoms with Crippen molar-refractivity contribution in [2.75, 3.05) is 0 Å². The Morgan fingerprint density at radius 1 is 1.44 bits per heavy atom. The number of amides is 1. The number of aromatic amines is 1. The van der Waals surface area contributed by atoms with Gasteiger partial charge in [0.05, 0.1) is 5.56 Å². The number of benzene rings is 1. The summed E-state index contributed by atoms with van der Waals surface area (Å²) < 4.78 is 0. The van der Waals surface area contributed by atoms with Crippen molar-refractivity contribution in [3.05, 3.63) is 36.0 Å². The van der Waals surface area contributed by atoms with Crippen LogP contribution in [0.4, 0.5) is 0 Å². The Bertz CT molecular complexity index is 501. The van der Waals surface area contributed by atoms with Crippen LogP contribution in [-0.4, -0.2) is 16.9 Å². The molecule has 0 aliphatic rings. The van der Waals surface area contributed by atoms with Crippen LogP contribution in [0.3, 0.4) is 0 Å². The molecule has 0 saturated carbocycles. The molecule has 0 bridgehead atoms. The minimum absolute atomic E-state index is 0.00759. The van der Waals surface area contributed by atoms with Crippen molar-refractivity contribution in [1.29, 1.82) is 0 Å². The van der Waals surface area contributed by atoms with Crippen LogP contribution >= 0.6 is 0 Å². The maximum Gasteiger partial charge on any atom is 0.253 e. The van der Waals surface area contributed by atoms with E-state index in [1.807, 2.05) is 31.2 Å². The highest BCUT2D eigenvalue weighted by atomic mass is 16.1. The van der Waals surface area contributed by atoms with Gasteiger partial charge >= 0.3 is 0 Å². The van der Waals surface area contributed by atoms with Crippen LogP contribution in [0.2, 0.25) is 0 Å². The van der Waals surface area contributed by atoms with Gasteiger partial charge in [-0.05, 0) is 19.4 Å². The van der Waals surface area contributed by atoms with E-state index < -0.39 is 0 Å². The van der Waals surface area contributed by atoms with Crippen molar-refractivity contribution < 1.29 is 4.79 Å². The molecule has 1 amide bonds. The third-order valence-corrected chi connectivity index (χ3v) is 2.82. The molecule has 0 aliphatic heterocycles. The van der Waals surface area contributed by atoms with Gasteiger partial charge in [-0.2, -0.15) is 0 Å². The molecule has 0 aliphatic carbocycles. The zero-order valence-electron chi connectivity index (χ0n) is 9.58. The Hall–Kier alpha value is -1.77. The van der Waals surface area contributed by atoms with Gasteiger partial charge in [0.2, 0.25) is 0 Å². The van der Waals surface area contributed by atoms with Gasteiger partial charge in [-0.15, -0.1) is 0 Å². The molecule has 84 valence electrons. The molecule has 0 spiro atoms. The van der Waals surface area contributed by atoms with Gasteiger partial charge < -0.3 is 10.3 Å². The Balaban J connectivity index is 2.30. The van der Waals surface area contributed by atoms with E-state index in [0.29, 0.717) is 0 Å². The van der Waals surface area contributed by atoms with Crippen LogP contribution in [0.25, 0.3) is 10.9 Å². The molecule has 1 atom stereocenters. The molecule has 0 radical (unpaired) electrons. The van der Waals surface area contributed by atoms with E-state index in [9.17, 15) is 4.79 Å². The molecule has 2 rings (SSSR count). The van der Waals surface area contributed by atoms with Crippen molar-refractivity contribution in [3.63, 3.8) is 0 Å². The number of H-pyrrole nitrogens is 1. The highest BCUT2D eigenvalue weighted by Gasteiger charge is 2.12. The zero-order chi connectivity index (χ0) is 11.5. The first-order chi connectivity index (χ1) is 7.72. The molecule has 1 aromatic carbocycles. The predicted octanol–water partition coefficient (Wildman–Crippen LogP) is 2.70. The highest BCUT2D eigenvalue weighted by molar-refractivity contribution is 6.06. The largest absolute Gasteiger partial charge is 0.360 e. The highest BCUT2D eigenvalue weighted by Crippen LogP contribution is 2.17. The number of aromatic nitrogens is 1. The molecule has 3 heteroatoms. The minimum Gasteiger partial charge on any atom is -0.360 e. The van der Waals surface area contributed by atoms with Crippen LogP contribution < -0.4 is 5.32 Å². The first kappa shape index (κ1) is 10.7. The van der Waals surface area contributed by atoms with Gasteiger partial charge in [0.15, 0.2) is 0 Å². The number of carbonyl (C=O) groups is 1. The minimum atomic E-state index is -0.00759. The van der Waals surface area contributed by atoms with Gasteiger partial charge in [-0.3, -0.25) is 4.79 Å². The summed E-state index contributed by atoms with van der Waals surface area (Å²) in [7, 11) is 0. The third kappa shape index (κ3) is 1.94. The number of rotatable bonds is 3. The third-order valence-electron chi connectivity index (χ3n) is 2.82. The van der Waals surface area contributed by atoms with Crippen molar-refractivity contribution in [3.8, 4) is 0 Å². The van der Waals surface area contributed by atoms with Gasteiger partial charge in [0.1, 0.15) is 0 Å². The second-order valence-electron chi connectivity index (χ2n) is 4.03. The average molecular weight is 216 g/mol. The Kier molecular flexibility index (Phi) is 2.95. The van der Waals surface area contributed by atoms with Crippen molar-refractivity contribution in [1.82, 2.24) is 10.3 Å². The second-order valence-corrected chi connectivity index (χ2v) is 4.03. The smallest absolute Gasteiger partial charge is 0.253 e. The monoisotopic (exact) mass is 216 g/mol. The molecule has 0 saturated heterocycles. The van der Waals surface area contributed by atoms with Crippen molar-refractivity contribution in [2.24, 2.45) is 0 Å². The first-order valence-corrected chi connectivity index (χ1v) is 5.59. The van der Waals surface area contributed by atoms with E-state index in [-0.39, 0.29) is 11.9 Å². The topological polar surface area (TPSA) is 44.9 Å². The second kappa shape index (κ2) is 4.39. The van der Waals surface area contributed by atoms with Crippen LogP contribution in [0, 0.1) is 0 Å². The lowest BCUT2D eigenvalue weighted by Gasteiger charge is -2.10. The van der Waals surface area contributed by atoms with E-state index in [1.165, 1.54) is 0 Å². The summed E-state index contributed by atoms with van der Waals surface area (Å²) in [5, 5.41) is 3.94. The van der Waals surface area contributed by atoms with E-state index in [1.54, 1.807) is 6.20 Å². The number of para-hydroxylation sites is 1. The molecule has 1 unspecified atom stereocenters. The number of hydrogen-bond donors (Lipinski definition) is 2. The molecule has 16 heavy (non-hydrogen) atoms. The summed E-state index contributed by atoms with van der Waals surface area (Å²) >= 11 is 0. The molecule has 2 aromatic rings. The molecule has 0 fully saturated rings. The van der Waals surface area contributed by atoms with Crippen molar-refractivity contribution in [2.45, 2.75) is 26.3 Å². The SMILES string of the molecule is CCC(C)NC(=O)c1c[nH]c2ccccc12. The Labute approximate surface area is 94.9 Å². The average Bonchev–Trinajstić information content (AvgIpc) is 2.72. The van der Waals surface area contributed by atoms with Crippen LogP contribution in [0.15, 0.2) is 30.5 Å². The van der Waals surface area contributed by atoms with E-state index in [0.717, 1.165) is 22.9 Å². The van der Waals surface area contributed by atoms with E-state index in [2.05, 4.69) is 17.2 Å². The number of carbonyl (C=O) groups excluding carboxylic acids is 1. The Morgan fingerprint density at radius 3 is 2.94 bits per heavy atom.